The number of carbonyl (C=O) groups excluding carboxylic acids is 1. The topological polar surface area (TPSA) is 42.0 Å². The second-order valence-corrected chi connectivity index (χ2v) is 4.85. The highest BCUT2D eigenvalue weighted by Crippen LogP contribution is 2.15. The van der Waals surface area contributed by atoms with Gasteiger partial charge in [0, 0.05) is 5.38 Å². The van der Waals surface area contributed by atoms with Crippen molar-refractivity contribution in [3.05, 3.63) is 16.1 Å². The third kappa shape index (κ3) is 2.96. The molecule has 1 heterocycles. The van der Waals surface area contributed by atoms with Gasteiger partial charge in [0.25, 0.3) is 0 Å². The Morgan fingerprint density at radius 1 is 1.64 bits per heavy atom. The van der Waals surface area contributed by atoms with Crippen LogP contribution in [0.5, 0.6) is 0 Å². The number of thiazole rings is 1. The molecule has 0 fully saturated rings. The molecule has 78 valence electrons. The van der Waals surface area contributed by atoms with Gasteiger partial charge in [-0.05, 0) is 20.8 Å². The van der Waals surface area contributed by atoms with Crippen molar-refractivity contribution in [1.29, 1.82) is 0 Å². The number of hydrogen-bond acceptors (Lipinski definition) is 3. The van der Waals surface area contributed by atoms with Crippen molar-refractivity contribution in [1.82, 2.24) is 10.3 Å². The number of aromatic nitrogens is 1. The number of nitrogens with one attached hydrogen (secondary N) is 1. The summed E-state index contributed by atoms with van der Waals surface area (Å²) in [6.45, 7) is 5.48. The lowest BCUT2D eigenvalue weighted by molar-refractivity contribution is -0.121. The minimum Gasteiger partial charge on any atom is -0.347 e. The van der Waals surface area contributed by atoms with Gasteiger partial charge in [-0.1, -0.05) is 0 Å². The van der Waals surface area contributed by atoms with Gasteiger partial charge in [0.2, 0.25) is 5.91 Å². The van der Waals surface area contributed by atoms with E-state index in [1.54, 1.807) is 18.3 Å². The number of halogens is 1. The number of alkyl halides is 1. The van der Waals surface area contributed by atoms with Crippen molar-refractivity contribution in [3.63, 3.8) is 0 Å². The van der Waals surface area contributed by atoms with Gasteiger partial charge in [-0.15, -0.1) is 22.9 Å². The van der Waals surface area contributed by atoms with Crippen LogP contribution in [0.3, 0.4) is 0 Å². The lowest BCUT2D eigenvalue weighted by Crippen LogP contribution is -2.32. The molecule has 0 aliphatic carbocycles. The molecule has 5 heteroatoms. The van der Waals surface area contributed by atoms with Crippen molar-refractivity contribution >= 4 is 28.8 Å². The standard InChI is InChI=1S/C9H13ClN2OS/c1-5(10)9(13)11-6(2)8-4-14-7(3)12-8/h4-6H,1-3H3,(H,11,13). The average molecular weight is 233 g/mol. The van der Waals surface area contributed by atoms with Crippen molar-refractivity contribution in [2.24, 2.45) is 0 Å². The smallest absolute Gasteiger partial charge is 0.238 e. The first-order valence-electron chi connectivity index (χ1n) is 4.37. The average Bonchev–Trinajstić information content (AvgIpc) is 2.51. The Hall–Kier alpha value is -0.610. The van der Waals surface area contributed by atoms with E-state index in [4.69, 9.17) is 11.6 Å². The van der Waals surface area contributed by atoms with Crippen LogP contribution in [0.2, 0.25) is 0 Å². The Balaban J connectivity index is 2.59. The molecule has 0 saturated heterocycles. The first-order chi connectivity index (χ1) is 6.50. The maximum Gasteiger partial charge on any atom is 0.238 e. The molecule has 0 bridgehead atoms. The van der Waals surface area contributed by atoms with E-state index in [9.17, 15) is 4.79 Å². The second-order valence-electron chi connectivity index (χ2n) is 3.14. The predicted octanol–water partition coefficient (Wildman–Crippen LogP) is 2.26. The first-order valence-corrected chi connectivity index (χ1v) is 5.68. The van der Waals surface area contributed by atoms with Crippen LogP contribution in [0.4, 0.5) is 0 Å². The summed E-state index contributed by atoms with van der Waals surface area (Å²) >= 11 is 7.21. The number of aryl methyl sites for hydroxylation is 1. The number of amides is 1. The molecule has 1 aromatic rings. The van der Waals surface area contributed by atoms with Crippen molar-refractivity contribution in [2.45, 2.75) is 32.2 Å². The largest absolute Gasteiger partial charge is 0.347 e. The van der Waals surface area contributed by atoms with Crippen LogP contribution in [0.25, 0.3) is 0 Å². The molecule has 14 heavy (non-hydrogen) atoms. The van der Waals surface area contributed by atoms with E-state index in [2.05, 4.69) is 10.3 Å². The Bertz CT molecular complexity index is 324. The lowest BCUT2D eigenvalue weighted by Gasteiger charge is -2.12. The Kier molecular flexibility index (Phi) is 3.89. The summed E-state index contributed by atoms with van der Waals surface area (Å²) in [5.74, 6) is -0.162. The summed E-state index contributed by atoms with van der Waals surface area (Å²) in [5, 5.41) is 5.22. The zero-order valence-electron chi connectivity index (χ0n) is 8.37. The van der Waals surface area contributed by atoms with Crippen LogP contribution < -0.4 is 5.32 Å². The van der Waals surface area contributed by atoms with Crippen LogP contribution in [-0.2, 0) is 4.79 Å². The van der Waals surface area contributed by atoms with E-state index in [1.807, 2.05) is 19.2 Å². The predicted molar refractivity (Wildman–Crippen MR) is 58.7 cm³/mol. The number of carbonyl (C=O) groups is 1. The zero-order chi connectivity index (χ0) is 10.7. The van der Waals surface area contributed by atoms with Crippen molar-refractivity contribution in [2.75, 3.05) is 0 Å². The van der Waals surface area contributed by atoms with Crippen LogP contribution in [0.15, 0.2) is 5.38 Å². The van der Waals surface area contributed by atoms with Gasteiger partial charge >= 0.3 is 0 Å². The highest BCUT2D eigenvalue weighted by Gasteiger charge is 2.15. The fraction of sp³-hybridized carbons (Fsp3) is 0.556. The Morgan fingerprint density at radius 3 is 2.71 bits per heavy atom. The van der Waals surface area contributed by atoms with Gasteiger partial charge in [-0.3, -0.25) is 4.79 Å². The Labute approximate surface area is 92.5 Å². The highest BCUT2D eigenvalue weighted by molar-refractivity contribution is 7.09. The molecule has 0 radical (unpaired) electrons. The molecule has 1 aromatic heterocycles. The maximum atomic E-state index is 11.3. The number of hydrogen-bond donors (Lipinski definition) is 1. The highest BCUT2D eigenvalue weighted by atomic mass is 35.5. The van der Waals surface area contributed by atoms with Crippen molar-refractivity contribution < 1.29 is 4.79 Å². The van der Waals surface area contributed by atoms with E-state index in [1.165, 1.54) is 0 Å². The third-order valence-corrected chi connectivity index (χ3v) is 2.79. The maximum absolute atomic E-state index is 11.3. The molecule has 0 spiro atoms. The Morgan fingerprint density at radius 2 is 2.29 bits per heavy atom. The molecule has 3 nitrogen and oxygen atoms in total. The number of rotatable bonds is 3. The van der Waals surface area contributed by atoms with Gasteiger partial charge in [-0.25, -0.2) is 4.98 Å². The van der Waals surface area contributed by atoms with Crippen LogP contribution >= 0.6 is 22.9 Å². The van der Waals surface area contributed by atoms with Crippen LogP contribution in [-0.4, -0.2) is 16.3 Å². The normalized spacial score (nSPS) is 14.9. The van der Waals surface area contributed by atoms with E-state index in [0.29, 0.717) is 0 Å². The molecule has 1 rings (SSSR count). The van der Waals surface area contributed by atoms with E-state index in [-0.39, 0.29) is 11.9 Å². The third-order valence-electron chi connectivity index (χ3n) is 1.80. The second kappa shape index (κ2) is 4.75. The van der Waals surface area contributed by atoms with Crippen LogP contribution in [0, 0.1) is 6.92 Å². The molecule has 2 atom stereocenters. The van der Waals surface area contributed by atoms with Gasteiger partial charge in [0.1, 0.15) is 5.38 Å². The molecular weight excluding hydrogens is 220 g/mol. The summed E-state index contributed by atoms with van der Waals surface area (Å²) in [7, 11) is 0. The summed E-state index contributed by atoms with van der Waals surface area (Å²) < 4.78 is 0. The molecule has 0 saturated carbocycles. The minimum absolute atomic E-state index is 0.0753. The van der Waals surface area contributed by atoms with Gasteiger partial charge in [-0.2, -0.15) is 0 Å². The zero-order valence-corrected chi connectivity index (χ0v) is 9.95. The lowest BCUT2D eigenvalue weighted by atomic mass is 10.2. The summed E-state index contributed by atoms with van der Waals surface area (Å²) in [6.07, 6.45) is 0. The SMILES string of the molecule is Cc1nc(C(C)NC(=O)C(C)Cl)cs1. The van der Waals surface area contributed by atoms with Gasteiger partial charge in [0.05, 0.1) is 16.7 Å². The quantitative estimate of drug-likeness (QED) is 0.813. The molecule has 2 unspecified atom stereocenters. The van der Waals surface area contributed by atoms with E-state index < -0.39 is 5.38 Å². The van der Waals surface area contributed by atoms with E-state index in [0.717, 1.165) is 10.7 Å². The molecule has 1 N–H and O–H groups in total. The minimum atomic E-state index is -0.503. The summed E-state index contributed by atoms with van der Waals surface area (Å²) in [5.41, 5.74) is 0.887. The fourth-order valence-electron chi connectivity index (χ4n) is 0.981. The fourth-order valence-corrected chi connectivity index (χ4v) is 1.75. The molecule has 0 aliphatic rings. The molecule has 0 aromatic carbocycles. The monoisotopic (exact) mass is 232 g/mol. The van der Waals surface area contributed by atoms with Crippen molar-refractivity contribution in [3.8, 4) is 0 Å². The summed E-state index contributed by atoms with van der Waals surface area (Å²) in [6, 6.07) is -0.0753. The van der Waals surface area contributed by atoms with Crippen LogP contribution in [0.1, 0.15) is 30.6 Å². The molecular formula is C9H13ClN2OS. The first kappa shape index (κ1) is 11.5. The summed E-state index contributed by atoms with van der Waals surface area (Å²) in [4.78, 5) is 15.5. The molecule has 0 aliphatic heterocycles. The van der Waals surface area contributed by atoms with E-state index >= 15 is 0 Å². The van der Waals surface area contributed by atoms with Gasteiger partial charge < -0.3 is 5.32 Å². The number of nitrogens with zero attached hydrogens (tertiary/aromatic N) is 1. The van der Waals surface area contributed by atoms with Gasteiger partial charge in [0.15, 0.2) is 0 Å². The molecule has 1 amide bonds.